The summed E-state index contributed by atoms with van der Waals surface area (Å²) in [4.78, 5) is 13.2. The maximum Gasteiger partial charge on any atom is 0.206 e. The summed E-state index contributed by atoms with van der Waals surface area (Å²) >= 11 is 1.26. The molecule has 0 amide bonds. The van der Waals surface area contributed by atoms with E-state index in [4.69, 9.17) is 0 Å². The van der Waals surface area contributed by atoms with E-state index in [1.54, 1.807) is 30.5 Å². The summed E-state index contributed by atoms with van der Waals surface area (Å²) in [7, 11) is 0. The van der Waals surface area contributed by atoms with E-state index in [0.717, 1.165) is 25.9 Å². The molecule has 0 aliphatic carbocycles. The van der Waals surface area contributed by atoms with Gasteiger partial charge in [-0.15, -0.1) is 11.3 Å². The fourth-order valence-corrected chi connectivity index (χ4v) is 4.21. The molecule has 0 spiro atoms. The van der Waals surface area contributed by atoms with Gasteiger partial charge in [0.1, 0.15) is 5.82 Å². The van der Waals surface area contributed by atoms with E-state index >= 15 is 0 Å². The standard InChI is InChI=1S/C18H20FNO2S/c1-18(22,12-6-9-20-10-7-12)14-8-11-23-17(14)16(21)13-4-2-3-5-15(13)19/h2-5,8,11-12,20,22H,6-7,9-10H2,1H3. The molecule has 1 aromatic carbocycles. The van der Waals surface area contributed by atoms with Crippen molar-refractivity contribution >= 4 is 17.1 Å². The van der Waals surface area contributed by atoms with Crippen LogP contribution in [0.25, 0.3) is 0 Å². The average molecular weight is 333 g/mol. The zero-order valence-corrected chi connectivity index (χ0v) is 13.8. The maximum atomic E-state index is 13.9. The molecular formula is C18H20FNO2S. The van der Waals surface area contributed by atoms with Crippen LogP contribution in [0.1, 0.15) is 40.6 Å². The second-order valence-corrected chi connectivity index (χ2v) is 7.06. The van der Waals surface area contributed by atoms with E-state index in [1.807, 2.05) is 0 Å². The quantitative estimate of drug-likeness (QED) is 0.844. The van der Waals surface area contributed by atoms with E-state index in [-0.39, 0.29) is 17.3 Å². The molecule has 1 unspecified atom stereocenters. The van der Waals surface area contributed by atoms with Crippen molar-refractivity contribution in [3.05, 3.63) is 57.5 Å². The first-order valence-electron chi connectivity index (χ1n) is 7.82. The van der Waals surface area contributed by atoms with Crippen molar-refractivity contribution in [1.29, 1.82) is 0 Å². The van der Waals surface area contributed by atoms with Gasteiger partial charge in [-0.1, -0.05) is 12.1 Å². The largest absolute Gasteiger partial charge is 0.385 e. The normalized spacial score (nSPS) is 18.6. The van der Waals surface area contributed by atoms with Crippen molar-refractivity contribution in [1.82, 2.24) is 5.32 Å². The van der Waals surface area contributed by atoms with Gasteiger partial charge < -0.3 is 10.4 Å². The summed E-state index contributed by atoms with van der Waals surface area (Å²) in [5, 5.41) is 16.1. The van der Waals surface area contributed by atoms with Crippen molar-refractivity contribution in [2.24, 2.45) is 5.92 Å². The van der Waals surface area contributed by atoms with Gasteiger partial charge in [-0.05, 0) is 62.4 Å². The number of thiophene rings is 1. The Balaban J connectivity index is 1.96. The Morgan fingerprint density at radius 3 is 2.70 bits per heavy atom. The number of benzene rings is 1. The van der Waals surface area contributed by atoms with Crippen LogP contribution in [0.15, 0.2) is 35.7 Å². The minimum Gasteiger partial charge on any atom is -0.385 e. The average Bonchev–Trinajstić information content (AvgIpc) is 3.06. The summed E-state index contributed by atoms with van der Waals surface area (Å²) in [6.07, 6.45) is 1.71. The van der Waals surface area contributed by atoms with Crippen molar-refractivity contribution in [3.8, 4) is 0 Å². The Hall–Kier alpha value is -1.56. The van der Waals surface area contributed by atoms with E-state index in [9.17, 15) is 14.3 Å². The van der Waals surface area contributed by atoms with Crippen LogP contribution in [0.5, 0.6) is 0 Å². The van der Waals surface area contributed by atoms with Crippen LogP contribution >= 0.6 is 11.3 Å². The highest BCUT2D eigenvalue weighted by Crippen LogP contribution is 2.39. The Morgan fingerprint density at radius 1 is 1.30 bits per heavy atom. The van der Waals surface area contributed by atoms with Gasteiger partial charge in [-0.2, -0.15) is 0 Å². The predicted molar refractivity (Wildman–Crippen MR) is 89.3 cm³/mol. The minimum atomic E-state index is -1.08. The number of carbonyl (C=O) groups excluding carboxylic acids is 1. The van der Waals surface area contributed by atoms with E-state index in [1.165, 1.54) is 23.5 Å². The highest BCUT2D eigenvalue weighted by atomic mass is 32.1. The first kappa shape index (κ1) is 16.3. The molecule has 2 N–H and O–H groups in total. The Labute approximate surface area is 139 Å². The van der Waals surface area contributed by atoms with Gasteiger partial charge in [-0.25, -0.2) is 4.39 Å². The molecule has 2 aromatic rings. The lowest BCUT2D eigenvalue weighted by Crippen LogP contribution is -2.40. The molecule has 0 bridgehead atoms. The van der Waals surface area contributed by atoms with Gasteiger partial charge in [-0.3, -0.25) is 4.79 Å². The molecule has 5 heteroatoms. The van der Waals surface area contributed by atoms with Gasteiger partial charge in [0.05, 0.1) is 16.0 Å². The molecule has 122 valence electrons. The lowest BCUT2D eigenvalue weighted by Gasteiger charge is -2.36. The van der Waals surface area contributed by atoms with Gasteiger partial charge >= 0.3 is 0 Å². The monoisotopic (exact) mass is 333 g/mol. The SMILES string of the molecule is CC(O)(c1ccsc1C(=O)c1ccccc1F)C1CCNCC1. The van der Waals surface area contributed by atoms with E-state index in [0.29, 0.717) is 10.4 Å². The smallest absolute Gasteiger partial charge is 0.206 e. The van der Waals surface area contributed by atoms with E-state index < -0.39 is 11.4 Å². The van der Waals surface area contributed by atoms with Crippen molar-refractivity contribution in [3.63, 3.8) is 0 Å². The molecule has 0 radical (unpaired) electrons. The van der Waals surface area contributed by atoms with Crippen molar-refractivity contribution in [2.75, 3.05) is 13.1 Å². The fraction of sp³-hybridized carbons (Fsp3) is 0.389. The van der Waals surface area contributed by atoms with Crippen LogP contribution in [0.4, 0.5) is 4.39 Å². The van der Waals surface area contributed by atoms with E-state index in [2.05, 4.69) is 5.32 Å². The van der Waals surface area contributed by atoms with Crippen molar-refractivity contribution < 1.29 is 14.3 Å². The number of halogens is 1. The lowest BCUT2D eigenvalue weighted by molar-refractivity contribution is -0.0187. The van der Waals surface area contributed by atoms with Crippen LogP contribution in [0.2, 0.25) is 0 Å². The minimum absolute atomic E-state index is 0.0531. The summed E-state index contributed by atoms with van der Waals surface area (Å²) < 4.78 is 13.9. The third kappa shape index (κ3) is 3.09. The Bertz CT molecular complexity index is 705. The number of hydrogen-bond acceptors (Lipinski definition) is 4. The van der Waals surface area contributed by atoms with Crippen LogP contribution < -0.4 is 5.32 Å². The number of piperidine rings is 1. The van der Waals surface area contributed by atoms with Gasteiger partial charge in [0, 0.05) is 5.56 Å². The number of carbonyl (C=O) groups is 1. The first-order valence-corrected chi connectivity index (χ1v) is 8.70. The molecule has 0 saturated carbocycles. The third-order valence-corrected chi connectivity index (χ3v) is 5.58. The van der Waals surface area contributed by atoms with Gasteiger partial charge in [0.25, 0.3) is 0 Å². The van der Waals surface area contributed by atoms with Crippen LogP contribution in [-0.2, 0) is 5.60 Å². The molecule has 1 aliphatic rings. The molecule has 1 saturated heterocycles. The molecule has 1 atom stereocenters. The molecule has 1 aromatic heterocycles. The summed E-state index contributed by atoms with van der Waals surface area (Å²) in [6.45, 7) is 3.49. The topological polar surface area (TPSA) is 49.3 Å². The maximum absolute atomic E-state index is 13.9. The first-order chi connectivity index (χ1) is 11.0. The number of hydrogen-bond donors (Lipinski definition) is 2. The number of rotatable bonds is 4. The molecular weight excluding hydrogens is 313 g/mol. The zero-order valence-electron chi connectivity index (χ0n) is 13.0. The Morgan fingerprint density at radius 2 is 2.00 bits per heavy atom. The summed E-state index contributed by atoms with van der Waals surface area (Å²) in [6, 6.07) is 7.77. The Kier molecular flexibility index (Phi) is 4.62. The third-order valence-electron chi connectivity index (χ3n) is 4.67. The summed E-state index contributed by atoms with van der Waals surface area (Å²) in [5.74, 6) is -0.800. The fourth-order valence-electron chi connectivity index (χ4n) is 3.26. The zero-order chi connectivity index (χ0) is 16.4. The molecule has 1 fully saturated rings. The number of nitrogens with one attached hydrogen (secondary N) is 1. The molecule has 23 heavy (non-hydrogen) atoms. The summed E-state index contributed by atoms with van der Waals surface area (Å²) in [5.41, 5.74) is -0.418. The molecule has 2 heterocycles. The van der Waals surface area contributed by atoms with Crippen LogP contribution in [-0.4, -0.2) is 24.0 Å². The second-order valence-electron chi connectivity index (χ2n) is 6.14. The van der Waals surface area contributed by atoms with Gasteiger partial charge in [0.15, 0.2) is 0 Å². The highest BCUT2D eigenvalue weighted by molar-refractivity contribution is 7.12. The van der Waals surface area contributed by atoms with Crippen LogP contribution in [0, 0.1) is 11.7 Å². The number of ketones is 1. The van der Waals surface area contributed by atoms with Crippen molar-refractivity contribution in [2.45, 2.75) is 25.4 Å². The highest BCUT2D eigenvalue weighted by Gasteiger charge is 2.38. The van der Waals surface area contributed by atoms with Gasteiger partial charge in [0.2, 0.25) is 5.78 Å². The lowest BCUT2D eigenvalue weighted by atomic mass is 9.77. The number of aliphatic hydroxyl groups is 1. The molecule has 3 nitrogen and oxygen atoms in total. The van der Waals surface area contributed by atoms with Crippen LogP contribution in [0.3, 0.4) is 0 Å². The second kappa shape index (κ2) is 6.51. The molecule has 1 aliphatic heterocycles. The molecule has 3 rings (SSSR count). The predicted octanol–water partition coefficient (Wildman–Crippen LogP) is 3.33.